The van der Waals surface area contributed by atoms with Crippen molar-refractivity contribution < 1.29 is 5.11 Å². The molecule has 0 aliphatic carbocycles. The Balaban J connectivity index is 2.24. The monoisotopic (exact) mass is 297 g/mol. The number of likely N-dealkylation sites (tertiary alicyclic amines) is 1. The van der Waals surface area contributed by atoms with E-state index in [0.29, 0.717) is 17.8 Å². The molecule has 0 saturated carbocycles. The largest absolute Gasteiger partial charge is 0.508 e. The van der Waals surface area contributed by atoms with Crippen LogP contribution in [0.5, 0.6) is 5.75 Å². The quantitative estimate of drug-likeness (QED) is 0.908. The van der Waals surface area contributed by atoms with Crippen molar-refractivity contribution in [3.63, 3.8) is 0 Å². The molecule has 1 aromatic carbocycles. The third kappa shape index (κ3) is 2.66. The molecule has 1 N–H and O–H groups in total. The van der Waals surface area contributed by atoms with Crippen LogP contribution in [0.2, 0.25) is 0 Å². The molecule has 1 heterocycles. The molecule has 2 nitrogen and oxygen atoms in total. The molecule has 0 bridgehead atoms. The van der Waals surface area contributed by atoms with Gasteiger partial charge in [0.25, 0.3) is 0 Å². The Morgan fingerprint density at radius 1 is 1.53 bits per heavy atom. The first-order chi connectivity index (χ1) is 8.13. The smallest absolute Gasteiger partial charge is 0.120 e. The Morgan fingerprint density at radius 3 is 3.00 bits per heavy atom. The SMILES string of the molecule is CCC1CCCN1C(C)c1cc(Br)ccc1O. The zero-order chi connectivity index (χ0) is 12.4. The van der Waals surface area contributed by atoms with Gasteiger partial charge in [0, 0.05) is 22.1 Å². The molecule has 1 aliphatic heterocycles. The van der Waals surface area contributed by atoms with Gasteiger partial charge in [-0.2, -0.15) is 0 Å². The van der Waals surface area contributed by atoms with Crippen molar-refractivity contribution in [2.45, 2.75) is 45.2 Å². The van der Waals surface area contributed by atoms with Crippen LogP contribution in [-0.2, 0) is 0 Å². The van der Waals surface area contributed by atoms with Gasteiger partial charge in [0.15, 0.2) is 0 Å². The number of nitrogens with zero attached hydrogens (tertiary/aromatic N) is 1. The summed E-state index contributed by atoms with van der Waals surface area (Å²) in [6.45, 7) is 5.58. The lowest BCUT2D eigenvalue weighted by Crippen LogP contribution is -2.31. The third-order valence-corrected chi connectivity index (χ3v) is 4.32. The molecule has 2 atom stereocenters. The maximum Gasteiger partial charge on any atom is 0.120 e. The van der Waals surface area contributed by atoms with E-state index in [2.05, 4.69) is 34.7 Å². The van der Waals surface area contributed by atoms with Crippen LogP contribution in [0.4, 0.5) is 0 Å². The molecule has 0 aromatic heterocycles. The van der Waals surface area contributed by atoms with Crippen molar-refractivity contribution in [3.8, 4) is 5.75 Å². The van der Waals surface area contributed by atoms with Crippen molar-refractivity contribution in [3.05, 3.63) is 28.2 Å². The van der Waals surface area contributed by atoms with Gasteiger partial charge in [-0.3, -0.25) is 4.90 Å². The molecule has 94 valence electrons. The van der Waals surface area contributed by atoms with E-state index >= 15 is 0 Å². The van der Waals surface area contributed by atoms with Gasteiger partial charge in [-0.05, 0) is 50.9 Å². The molecule has 1 saturated heterocycles. The van der Waals surface area contributed by atoms with Crippen LogP contribution < -0.4 is 0 Å². The third-order valence-electron chi connectivity index (χ3n) is 3.83. The highest BCUT2D eigenvalue weighted by atomic mass is 79.9. The van der Waals surface area contributed by atoms with Crippen LogP contribution in [0.15, 0.2) is 22.7 Å². The molecule has 3 heteroatoms. The maximum absolute atomic E-state index is 9.98. The number of benzene rings is 1. The number of phenols is 1. The predicted molar refractivity (Wildman–Crippen MR) is 74.2 cm³/mol. The van der Waals surface area contributed by atoms with Crippen molar-refractivity contribution in [2.75, 3.05) is 6.54 Å². The number of hydrogen-bond acceptors (Lipinski definition) is 2. The fourth-order valence-corrected chi connectivity index (χ4v) is 3.22. The van der Waals surface area contributed by atoms with E-state index in [1.807, 2.05) is 12.1 Å². The van der Waals surface area contributed by atoms with Crippen molar-refractivity contribution in [1.82, 2.24) is 4.90 Å². The molecule has 2 rings (SSSR count). The molecule has 0 amide bonds. The van der Waals surface area contributed by atoms with E-state index in [1.165, 1.54) is 19.3 Å². The van der Waals surface area contributed by atoms with Gasteiger partial charge in [0.1, 0.15) is 5.75 Å². The molecule has 0 radical (unpaired) electrons. The van der Waals surface area contributed by atoms with Gasteiger partial charge >= 0.3 is 0 Å². The Hall–Kier alpha value is -0.540. The molecule has 1 fully saturated rings. The van der Waals surface area contributed by atoms with E-state index in [0.717, 1.165) is 16.6 Å². The molecule has 1 aliphatic rings. The summed E-state index contributed by atoms with van der Waals surface area (Å²) in [5.41, 5.74) is 1.03. The van der Waals surface area contributed by atoms with Gasteiger partial charge in [-0.1, -0.05) is 22.9 Å². The van der Waals surface area contributed by atoms with Crippen LogP contribution in [-0.4, -0.2) is 22.6 Å². The Bertz CT molecular complexity index is 394. The van der Waals surface area contributed by atoms with Crippen molar-refractivity contribution in [1.29, 1.82) is 0 Å². The van der Waals surface area contributed by atoms with Gasteiger partial charge in [-0.25, -0.2) is 0 Å². The van der Waals surface area contributed by atoms with Crippen LogP contribution >= 0.6 is 15.9 Å². The normalized spacial score (nSPS) is 22.9. The Labute approximate surface area is 112 Å². The summed E-state index contributed by atoms with van der Waals surface area (Å²) < 4.78 is 1.03. The molecule has 0 spiro atoms. The molecule has 17 heavy (non-hydrogen) atoms. The van der Waals surface area contributed by atoms with Gasteiger partial charge in [-0.15, -0.1) is 0 Å². The fraction of sp³-hybridized carbons (Fsp3) is 0.571. The highest BCUT2D eigenvalue weighted by Crippen LogP contribution is 2.35. The molecule has 2 unspecified atom stereocenters. The lowest BCUT2D eigenvalue weighted by molar-refractivity contribution is 0.186. The number of rotatable bonds is 3. The second kappa shape index (κ2) is 5.40. The van der Waals surface area contributed by atoms with Crippen molar-refractivity contribution in [2.24, 2.45) is 0 Å². The maximum atomic E-state index is 9.98. The van der Waals surface area contributed by atoms with Crippen LogP contribution in [0, 0.1) is 0 Å². The van der Waals surface area contributed by atoms with E-state index in [4.69, 9.17) is 0 Å². The fourth-order valence-electron chi connectivity index (χ4n) is 2.85. The topological polar surface area (TPSA) is 23.5 Å². The standard InChI is InChI=1S/C14H20BrNO/c1-3-12-5-4-8-16(12)10(2)13-9-11(15)6-7-14(13)17/h6-7,9-10,12,17H,3-5,8H2,1-2H3. The van der Waals surface area contributed by atoms with Crippen LogP contribution in [0.3, 0.4) is 0 Å². The molecule has 1 aromatic rings. The van der Waals surface area contributed by atoms with Gasteiger partial charge < -0.3 is 5.11 Å². The second-order valence-corrected chi connectivity index (χ2v) is 5.74. The number of phenolic OH excluding ortho intramolecular Hbond substituents is 1. The summed E-state index contributed by atoms with van der Waals surface area (Å²) in [7, 11) is 0. The van der Waals surface area contributed by atoms with Crippen molar-refractivity contribution >= 4 is 15.9 Å². The zero-order valence-electron chi connectivity index (χ0n) is 10.5. The first-order valence-corrected chi connectivity index (χ1v) is 7.17. The highest BCUT2D eigenvalue weighted by Gasteiger charge is 2.28. The van der Waals surface area contributed by atoms with Crippen LogP contribution in [0.1, 0.15) is 44.7 Å². The average molecular weight is 298 g/mol. The van der Waals surface area contributed by atoms with Crippen LogP contribution in [0.25, 0.3) is 0 Å². The van der Waals surface area contributed by atoms with Gasteiger partial charge in [0.2, 0.25) is 0 Å². The summed E-state index contributed by atoms with van der Waals surface area (Å²) in [5, 5.41) is 9.98. The number of halogens is 1. The first-order valence-electron chi connectivity index (χ1n) is 6.37. The number of hydrogen-bond donors (Lipinski definition) is 1. The Morgan fingerprint density at radius 2 is 2.29 bits per heavy atom. The second-order valence-electron chi connectivity index (χ2n) is 4.82. The minimum absolute atomic E-state index is 0.292. The van der Waals surface area contributed by atoms with E-state index in [-0.39, 0.29) is 0 Å². The minimum atomic E-state index is 0.292. The summed E-state index contributed by atoms with van der Waals surface area (Å²) >= 11 is 3.48. The lowest BCUT2D eigenvalue weighted by atomic mass is 10.0. The highest BCUT2D eigenvalue weighted by molar-refractivity contribution is 9.10. The Kier molecular flexibility index (Phi) is 4.10. The minimum Gasteiger partial charge on any atom is -0.508 e. The van der Waals surface area contributed by atoms with Gasteiger partial charge in [0.05, 0.1) is 0 Å². The predicted octanol–water partition coefficient (Wildman–Crippen LogP) is 4.09. The van der Waals surface area contributed by atoms with E-state index in [9.17, 15) is 5.11 Å². The zero-order valence-corrected chi connectivity index (χ0v) is 12.1. The van der Waals surface area contributed by atoms with E-state index in [1.54, 1.807) is 6.07 Å². The summed E-state index contributed by atoms with van der Waals surface area (Å²) in [6.07, 6.45) is 3.76. The lowest BCUT2D eigenvalue weighted by Gasteiger charge is -2.30. The summed E-state index contributed by atoms with van der Waals surface area (Å²) in [6, 6.07) is 6.65. The summed E-state index contributed by atoms with van der Waals surface area (Å²) in [5.74, 6) is 0.405. The first kappa shape index (κ1) is 12.9. The summed E-state index contributed by atoms with van der Waals surface area (Å²) in [4.78, 5) is 2.52. The molecular weight excluding hydrogens is 278 g/mol. The molecular formula is C14H20BrNO. The number of aromatic hydroxyl groups is 1. The average Bonchev–Trinajstić information content (AvgIpc) is 2.79. The van der Waals surface area contributed by atoms with E-state index < -0.39 is 0 Å².